The van der Waals surface area contributed by atoms with Crippen LogP contribution in [0.25, 0.3) is 0 Å². The van der Waals surface area contributed by atoms with Crippen molar-refractivity contribution in [1.29, 1.82) is 0 Å². The number of carbonyl (C=O) groups excluding carboxylic acids is 1. The Morgan fingerprint density at radius 2 is 1.68 bits per heavy atom. The van der Waals surface area contributed by atoms with E-state index in [2.05, 4.69) is 50.2 Å². The topological polar surface area (TPSA) is 38.8 Å². The van der Waals surface area contributed by atoms with Crippen molar-refractivity contribution >= 4 is 5.91 Å². The Labute approximate surface area is 202 Å². The van der Waals surface area contributed by atoms with E-state index in [1.54, 1.807) is 0 Å². The molecule has 0 radical (unpaired) electrons. The fraction of sp³-hybridized carbons (Fsp3) is 0.367. The quantitative estimate of drug-likeness (QED) is 0.453. The minimum Gasteiger partial charge on any atom is -0.485 e. The van der Waals surface area contributed by atoms with Gasteiger partial charge in [-0.05, 0) is 68.4 Å². The Kier molecular flexibility index (Phi) is 6.32. The van der Waals surface area contributed by atoms with Crippen LogP contribution < -0.4 is 9.47 Å². The van der Waals surface area contributed by atoms with Crippen LogP contribution >= 0.6 is 0 Å². The number of rotatable bonds is 6. The minimum atomic E-state index is -0.195. The molecule has 2 aliphatic heterocycles. The van der Waals surface area contributed by atoms with Gasteiger partial charge < -0.3 is 14.4 Å². The first kappa shape index (κ1) is 22.5. The van der Waals surface area contributed by atoms with E-state index in [1.807, 2.05) is 41.3 Å². The number of hydrogen-bond donors (Lipinski definition) is 0. The normalized spacial score (nSPS) is 17.2. The summed E-state index contributed by atoms with van der Waals surface area (Å²) in [6.45, 7) is 6.30. The number of amides is 1. The summed E-state index contributed by atoms with van der Waals surface area (Å²) in [6.07, 6.45) is 4.12. The molecular weight excluding hydrogens is 422 g/mol. The molecule has 1 fully saturated rings. The second-order valence-corrected chi connectivity index (χ2v) is 10.2. The number of ether oxygens (including phenoxy) is 2. The van der Waals surface area contributed by atoms with E-state index in [-0.39, 0.29) is 11.5 Å². The summed E-state index contributed by atoms with van der Waals surface area (Å²) in [4.78, 5) is 15.0. The summed E-state index contributed by atoms with van der Waals surface area (Å²) in [5.74, 6) is 2.42. The van der Waals surface area contributed by atoms with Crippen LogP contribution in [0.3, 0.4) is 0 Å². The molecule has 4 nitrogen and oxygen atoms in total. The van der Waals surface area contributed by atoms with Gasteiger partial charge in [0.2, 0.25) is 0 Å². The molecule has 0 atom stereocenters. The first-order valence-corrected chi connectivity index (χ1v) is 12.3. The van der Waals surface area contributed by atoms with E-state index in [4.69, 9.17) is 9.47 Å². The highest BCUT2D eigenvalue weighted by atomic mass is 16.5. The van der Waals surface area contributed by atoms with Gasteiger partial charge >= 0.3 is 0 Å². The van der Waals surface area contributed by atoms with Crippen LogP contribution in [-0.4, -0.2) is 29.5 Å². The molecule has 5 rings (SSSR count). The molecule has 0 unspecified atom stereocenters. The van der Waals surface area contributed by atoms with Gasteiger partial charge in [0.25, 0.3) is 5.91 Å². The predicted molar refractivity (Wildman–Crippen MR) is 134 cm³/mol. The van der Waals surface area contributed by atoms with Crippen molar-refractivity contribution in [3.63, 3.8) is 0 Å². The van der Waals surface area contributed by atoms with Gasteiger partial charge in [0.05, 0.1) is 0 Å². The molecule has 0 aromatic heterocycles. The molecule has 0 aliphatic carbocycles. The van der Waals surface area contributed by atoms with Crippen LogP contribution in [0, 0.1) is 5.92 Å². The lowest BCUT2D eigenvalue weighted by Crippen LogP contribution is -2.38. The van der Waals surface area contributed by atoms with Gasteiger partial charge in [0.1, 0.15) is 12.2 Å². The molecule has 1 amide bonds. The summed E-state index contributed by atoms with van der Waals surface area (Å²) in [6, 6.07) is 24.6. The third-order valence-electron chi connectivity index (χ3n) is 6.92. The summed E-state index contributed by atoms with van der Waals surface area (Å²) >= 11 is 0. The third kappa shape index (κ3) is 5.11. The molecule has 3 aromatic rings. The Bertz CT molecular complexity index is 1130. The van der Waals surface area contributed by atoms with E-state index in [9.17, 15) is 4.79 Å². The molecule has 0 N–H and O–H groups in total. The lowest BCUT2D eigenvalue weighted by molar-refractivity contribution is 0.0690. The van der Waals surface area contributed by atoms with Crippen LogP contribution in [0.4, 0.5) is 0 Å². The van der Waals surface area contributed by atoms with Crippen molar-refractivity contribution in [1.82, 2.24) is 4.90 Å². The maximum Gasteiger partial charge on any atom is 0.253 e. The number of carbonyl (C=O) groups is 1. The molecule has 0 bridgehead atoms. The zero-order chi connectivity index (χ0) is 23.5. The zero-order valence-electron chi connectivity index (χ0n) is 20.1. The van der Waals surface area contributed by atoms with E-state index < -0.39 is 0 Å². The molecule has 3 aromatic carbocycles. The maximum atomic E-state index is 13.0. The zero-order valence-corrected chi connectivity index (χ0v) is 20.1. The first-order valence-electron chi connectivity index (χ1n) is 12.3. The van der Waals surface area contributed by atoms with Gasteiger partial charge in [0, 0.05) is 30.6 Å². The highest BCUT2D eigenvalue weighted by molar-refractivity contribution is 5.94. The van der Waals surface area contributed by atoms with E-state index >= 15 is 0 Å². The molecule has 34 heavy (non-hydrogen) atoms. The average Bonchev–Trinajstić information content (AvgIpc) is 3.18. The first-order chi connectivity index (χ1) is 16.5. The summed E-state index contributed by atoms with van der Waals surface area (Å²) < 4.78 is 12.2. The lowest BCUT2D eigenvalue weighted by Gasteiger charge is -2.32. The van der Waals surface area contributed by atoms with Crippen LogP contribution in [0.2, 0.25) is 0 Å². The van der Waals surface area contributed by atoms with Crippen molar-refractivity contribution in [2.24, 2.45) is 5.92 Å². The van der Waals surface area contributed by atoms with Gasteiger partial charge in [-0.3, -0.25) is 4.79 Å². The van der Waals surface area contributed by atoms with Crippen molar-refractivity contribution in [2.75, 3.05) is 13.1 Å². The largest absolute Gasteiger partial charge is 0.485 e. The van der Waals surface area contributed by atoms with Gasteiger partial charge in [-0.2, -0.15) is 0 Å². The molecule has 1 saturated heterocycles. The number of nitrogens with zero attached hydrogens (tertiary/aromatic N) is 1. The number of likely N-dealkylation sites (tertiary alicyclic amines) is 1. The van der Waals surface area contributed by atoms with Gasteiger partial charge in [-0.1, -0.05) is 54.6 Å². The number of para-hydroxylation sites is 1. The van der Waals surface area contributed by atoms with Crippen LogP contribution in [0.15, 0.2) is 72.8 Å². The average molecular weight is 456 g/mol. The maximum absolute atomic E-state index is 13.0. The van der Waals surface area contributed by atoms with Crippen molar-refractivity contribution < 1.29 is 14.3 Å². The van der Waals surface area contributed by atoms with E-state index in [0.29, 0.717) is 12.5 Å². The smallest absolute Gasteiger partial charge is 0.253 e. The SMILES string of the molecule is CC1(C)Cc2cccc(OCc3ccc(C(=O)N4CCC(Cc5ccccc5)CC4)cc3)c2O1. The summed E-state index contributed by atoms with van der Waals surface area (Å²) in [7, 11) is 0. The van der Waals surface area contributed by atoms with Crippen LogP contribution in [-0.2, 0) is 19.4 Å². The highest BCUT2D eigenvalue weighted by Crippen LogP contribution is 2.42. The fourth-order valence-corrected chi connectivity index (χ4v) is 5.08. The van der Waals surface area contributed by atoms with Gasteiger partial charge in [0.15, 0.2) is 11.5 Å². The highest BCUT2D eigenvalue weighted by Gasteiger charge is 2.32. The Hall–Kier alpha value is -3.27. The van der Waals surface area contributed by atoms with Crippen molar-refractivity contribution in [3.05, 3.63) is 95.1 Å². The number of hydrogen-bond acceptors (Lipinski definition) is 3. The molecule has 0 saturated carbocycles. The Balaban J connectivity index is 1.14. The van der Waals surface area contributed by atoms with Gasteiger partial charge in [-0.25, -0.2) is 0 Å². The number of fused-ring (bicyclic) bond motifs is 1. The molecular formula is C30H33NO3. The lowest BCUT2D eigenvalue weighted by atomic mass is 9.90. The Morgan fingerprint density at radius 3 is 2.41 bits per heavy atom. The molecule has 2 aliphatic rings. The molecule has 4 heteroatoms. The number of benzene rings is 3. The minimum absolute atomic E-state index is 0.127. The number of piperidine rings is 1. The second-order valence-electron chi connectivity index (χ2n) is 10.2. The van der Waals surface area contributed by atoms with E-state index in [1.165, 1.54) is 11.1 Å². The third-order valence-corrected chi connectivity index (χ3v) is 6.92. The predicted octanol–water partition coefficient (Wildman–Crippen LogP) is 6.07. The van der Waals surface area contributed by atoms with Crippen LogP contribution in [0.5, 0.6) is 11.5 Å². The molecule has 2 heterocycles. The molecule has 176 valence electrons. The fourth-order valence-electron chi connectivity index (χ4n) is 5.08. The summed E-state index contributed by atoms with van der Waals surface area (Å²) in [5, 5.41) is 0. The van der Waals surface area contributed by atoms with Crippen LogP contribution in [0.1, 0.15) is 53.7 Å². The second kappa shape index (κ2) is 9.54. The summed E-state index contributed by atoms with van der Waals surface area (Å²) in [5.41, 5.74) is 4.17. The standard InChI is InChI=1S/C30H33NO3/c1-30(2)20-26-9-6-10-27(28(26)34-30)33-21-24-11-13-25(14-12-24)29(32)31-17-15-23(16-18-31)19-22-7-4-3-5-8-22/h3-14,23H,15-21H2,1-2H3. The molecule has 0 spiro atoms. The van der Waals surface area contributed by atoms with E-state index in [0.717, 1.165) is 61.4 Å². The van der Waals surface area contributed by atoms with Gasteiger partial charge in [-0.15, -0.1) is 0 Å². The monoisotopic (exact) mass is 455 g/mol. The van der Waals surface area contributed by atoms with Crippen molar-refractivity contribution in [2.45, 2.75) is 51.7 Å². The van der Waals surface area contributed by atoms with Crippen molar-refractivity contribution in [3.8, 4) is 11.5 Å². The Morgan fingerprint density at radius 1 is 0.941 bits per heavy atom.